The summed E-state index contributed by atoms with van der Waals surface area (Å²) in [6.07, 6.45) is 0.822. The van der Waals surface area contributed by atoms with Crippen LogP contribution in [0.4, 0.5) is 0 Å². The van der Waals surface area contributed by atoms with E-state index in [-0.39, 0.29) is 0 Å². The largest absolute Gasteiger partial charge is 0.386 e. The second-order valence-corrected chi connectivity index (χ2v) is 1.50. The molecule has 0 spiro atoms. The van der Waals surface area contributed by atoms with E-state index in [4.69, 9.17) is 5.26 Å². The van der Waals surface area contributed by atoms with Crippen LogP contribution in [0.2, 0.25) is 0 Å². The van der Waals surface area contributed by atoms with Crippen LogP contribution in [0.5, 0.6) is 0 Å². The number of ether oxygens (including phenoxy) is 1. The van der Waals surface area contributed by atoms with Gasteiger partial charge >= 0.3 is 11.9 Å². The Morgan fingerprint density at radius 3 is 2.45 bits per heavy atom. The van der Waals surface area contributed by atoms with Crippen LogP contribution in [0.15, 0.2) is 24.8 Å². The lowest BCUT2D eigenvalue weighted by atomic mass is 10.3. The van der Waals surface area contributed by atoms with E-state index >= 15 is 0 Å². The van der Waals surface area contributed by atoms with E-state index in [9.17, 15) is 9.59 Å². The van der Waals surface area contributed by atoms with Crippen LogP contribution in [0, 0.1) is 11.3 Å². The third-order valence-corrected chi connectivity index (χ3v) is 0.741. The quantitative estimate of drug-likeness (QED) is 0.247. The van der Waals surface area contributed by atoms with Gasteiger partial charge in [0, 0.05) is 6.08 Å². The predicted molar refractivity (Wildman–Crippen MR) is 36.0 cm³/mol. The van der Waals surface area contributed by atoms with Gasteiger partial charge < -0.3 is 4.74 Å². The van der Waals surface area contributed by atoms with E-state index in [1.165, 1.54) is 6.07 Å². The molecule has 0 saturated heterocycles. The molecule has 0 rings (SSSR count). The molecule has 4 heteroatoms. The molecule has 56 valence electrons. The molecule has 0 amide bonds. The molecule has 0 unspecified atom stereocenters. The molecular weight excluding hydrogens is 146 g/mol. The number of carbonyl (C=O) groups is 2. The molecule has 0 aromatic rings. The maximum atomic E-state index is 10.5. The summed E-state index contributed by atoms with van der Waals surface area (Å²) < 4.78 is 4.03. The van der Waals surface area contributed by atoms with E-state index in [1.54, 1.807) is 0 Å². The zero-order chi connectivity index (χ0) is 8.85. The van der Waals surface area contributed by atoms with E-state index in [0.29, 0.717) is 0 Å². The highest BCUT2D eigenvalue weighted by Gasteiger charge is 2.10. The average molecular weight is 151 g/mol. The number of hydrogen-bond acceptors (Lipinski definition) is 4. The van der Waals surface area contributed by atoms with Crippen LogP contribution in [-0.2, 0) is 14.3 Å². The predicted octanol–water partition coefficient (Wildman–Crippen LogP) is 0.322. The Bertz CT molecular complexity index is 259. The smallest absolute Gasteiger partial charge is 0.356 e. The van der Waals surface area contributed by atoms with E-state index in [2.05, 4.69) is 17.9 Å². The molecule has 4 nitrogen and oxygen atoms in total. The summed E-state index contributed by atoms with van der Waals surface area (Å²) in [6, 6.07) is 1.44. The highest BCUT2D eigenvalue weighted by Crippen LogP contribution is 1.92. The SMILES string of the molecule is C=CC(=O)OC(=O)C(=C)C#N. The molecule has 0 saturated carbocycles. The minimum atomic E-state index is -1.04. The fourth-order valence-corrected chi connectivity index (χ4v) is 0.240. The highest BCUT2D eigenvalue weighted by atomic mass is 16.6. The van der Waals surface area contributed by atoms with Gasteiger partial charge in [-0.25, -0.2) is 9.59 Å². The summed E-state index contributed by atoms with van der Waals surface area (Å²) in [5, 5.41) is 8.10. The van der Waals surface area contributed by atoms with Gasteiger partial charge in [0.2, 0.25) is 0 Å². The fraction of sp³-hybridized carbons (Fsp3) is 0. The molecule has 11 heavy (non-hydrogen) atoms. The number of nitriles is 1. The maximum Gasteiger partial charge on any atom is 0.356 e. The van der Waals surface area contributed by atoms with Gasteiger partial charge in [-0.3, -0.25) is 0 Å². The Kier molecular flexibility index (Phi) is 3.32. The normalized spacial score (nSPS) is 7.55. The Morgan fingerprint density at radius 1 is 1.55 bits per heavy atom. The first-order chi connectivity index (χ1) is 5.11. The lowest BCUT2D eigenvalue weighted by molar-refractivity contribution is -0.152. The van der Waals surface area contributed by atoms with Crippen molar-refractivity contribution in [2.24, 2.45) is 0 Å². The third-order valence-electron chi connectivity index (χ3n) is 0.741. The van der Waals surface area contributed by atoms with Crippen LogP contribution in [-0.4, -0.2) is 11.9 Å². The van der Waals surface area contributed by atoms with Gasteiger partial charge in [-0.05, 0) is 0 Å². The molecule has 0 atom stereocenters. The summed E-state index contributed by atoms with van der Waals surface area (Å²) in [6.45, 7) is 6.10. The summed E-state index contributed by atoms with van der Waals surface area (Å²) in [7, 11) is 0. The van der Waals surface area contributed by atoms with Gasteiger partial charge in [0.25, 0.3) is 0 Å². The Balaban J connectivity index is 4.11. The van der Waals surface area contributed by atoms with Crippen molar-refractivity contribution in [1.29, 1.82) is 5.26 Å². The van der Waals surface area contributed by atoms with Crippen molar-refractivity contribution < 1.29 is 14.3 Å². The number of nitrogens with zero attached hydrogens (tertiary/aromatic N) is 1. The van der Waals surface area contributed by atoms with Crippen LogP contribution in [0.3, 0.4) is 0 Å². The molecule has 0 aliphatic heterocycles. The molecule has 0 heterocycles. The van der Waals surface area contributed by atoms with Crippen molar-refractivity contribution in [1.82, 2.24) is 0 Å². The minimum Gasteiger partial charge on any atom is -0.386 e. The average Bonchev–Trinajstić information content (AvgIpc) is 2.02. The molecule has 0 aromatic carbocycles. The minimum absolute atomic E-state index is 0.416. The van der Waals surface area contributed by atoms with E-state index in [1.807, 2.05) is 0 Å². The lowest BCUT2D eigenvalue weighted by Gasteiger charge is -1.94. The monoisotopic (exact) mass is 151 g/mol. The standard InChI is InChI=1S/C7H5NO3/c1-3-6(9)11-7(10)5(2)4-8/h3H,1-2H2. The van der Waals surface area contributed by atoms with Crippen molar-refractivity contribution in [2.75, 3.05) is 0 Å². The summed E-state index contributed by atoms with van der Waals surface area (Å²) in [5.41, 5.74) is -0.416. The van der Waals surface area contributed by atoms with Crippen molar-refractivity contribution in [3.8, 4) is 6.07 Å². The topological polar surface area (TPSA) is 67.2 Å². The van der Waals surface area contributed by atoms with E-state index in [0.717, 1.165) is 6.08 Å². The van der Waals surface area contributed by atoms with Crippen molar-refractivity contribution in [3.05, 3.63) is 24.8 Å². The summed E-state index contributed by atoms with van der Waals surface area (Å²) in [5.74, 6) is -1.94. The lowest BCUT2D eigenvalue weighted by Crippen LogP contribution is -2.10. The highest BCUT2D eigenvalue weighted by molar-refractivity contribution is 6.01. The van der Waals surface area contributed by atoms with Gasteiger partial charge in [-0.2, -0.15) is 5.26 Å². The molecule has 0 aliphatic rings. The number of esters is 2. The van der Waals surface area contributed by atoms with Gasteiger partial charge in [-0.15, -0.1) is 0 Å². The fourth-order valence-electron chi connectivity index (χ4n) is 0.240. The molecular formula is C7H5NO3. The number of carbonyl (C=O) groups excluding carboxylic acids is 2. The summed E-state index contributed by atoms with van der Waals surface area (Å²) in [4.78, 5) is 20.9. The zero-order valence-corrected chi connectivity index (χ0v) is 5.66. The first-order valence-electron chi connectivity index (χ1n) is 2.59. The van der Waals surface area contributed by atoms with Crippen molar-refractivity contribution in [3.63, 3.8) is 0 Å². The maximum absolute atomic E-state index is 10.5. The number of hydrogen-bond donors (Lipinski definition) is 0. The first-order valence-corrected chi connectivity index (χ1v) is 2.59. The molecule has 0 bridgehead atoms. The zero-order valence-electron chi connectivity index (χ0n) is 5.66. The molecule has 0 aromatic heterocycles. The Hall–Kier alpha value is -1.89. The van der Waals surface area contributed by atoms with Gasteiger partial charge in [0.05, 0.1) is 0 Å². The van der Waals surface area contributed by atoms with Crippen molar-refractivity contribution >= 4 is 11.9 Å². The van der Waals surface area contributed by atoms with Gasteiger partial charge in [0.1, 0.15) is 11.6 Å². The molecule has 0 aliphatic carbocycles. The van der Waals surface area contributed by atoms with Crippen LogP contribution >= 0.6 is 0 Å². The first kappa shape index (κ1) is 9.11. The van der Waals surface area contributed by atoms with E-state index < -0.39 is 17.5 Å². The Labute approximate surface area is 63.4 Å². The van der Waals surface area contributed by atoms with Crippen LogP contribution in [0.1, 0.15) is 0 Å². The molecule has 0 fully saturated rings. The van der Waals surface area contributed by atoms with Crippen LogP contribution < -0.4 is 0 Å². The Morgan fingerprint density at radius 2 is 2.09 bits per heavy atom. The second kappa shape index (κ2) is 4.01. The molecule has 0 radical (unpaired) electrons. The third kappa shape index (κ3) is 2.96. The molecule has 0 N–H and O–H groups in total. The summed E-state index contributed by atoms with van der Waals surface area (Å²) >= 11 is 0. The van der Waals surface area contributed by atoms with Gasteiger partial charge in [-0.1, -0.05) is 13.2 Å². The van der Waals surface area contributed by atoms with Crippen LogP contribution in [0.25, 0.3) is 0 Å². The van der Waals surface area contributed by atoms with Gasteiger partial charge in [0.15, 0.2) is 0 Å². The second-order valence-electron chi connectivity index (χ2n) is 1.50. The van der Waals surface area contributed by atoms with Crippen molar-refractivity contribution in [2.45, 2.75) is 0 Å². The number of rotatable bonds is 2.